The molecule has 0 unspecified atom stereocenters. The van der Waals surface area contributed by atoms with Gasteiger partial charge in [0.2, 0.25) is 6.29 Å². The van der Waals surface area contributed by atoms with Crippen molar-refractivity contribution in [3.8, 4) is 11.5 Å². The molecule has 0 spiro atoms. The molecule has 0 aromatic carbocycles. The van der Waals surface area contributed by atoms with Crippen LogP contribution in [0.4, 0.5) is 0 Å². The average Bonchev–Trinajstić information content (AvgIpc) is 2.38. The average molecular weight is 300 g/mol. The van der Waals surface area contributed by atoms with Gasteiger partial charge >= 0.3 is 0 Å². The van der Waals surface area contributed by atoms with Crippen molar-refractivity contribution in [3.05, 3.63) is 7.57 Å². The first-order chi connectivity index (χ1) is 5.18. The predicted molar refractivity (Wildman–Crippen MR) is 50.4 cm³/mol. The number of fused-ring (bicyclic) bond motifs is 1. The van der Waals surface area contributed by atoms with Crippen LogP contribution in [0.3, 0.4) is 0 Å². The van der Waals surface area contributed by atoms with Gasteiger partial charge in [0.15, 0.2) is 11.5 Å². The van der Waals surface area contributed by atoms with Crippen molar-refractivity contribution in [1.82, 2.24) is 0 Å². The van der Waals surface area contributed by atoms with Crippen LogP contribution in [-0.2, 0) is 0 Å². The van der Waals surface area contributed by atoms with Crippen LogP contribution in [0.15, 0.2) is 7.57 Å². The summed E-state index contributed by atoms with van der Waals surface area (Å²) in [4.78, 5) is 0. The minimum Gasteiger partial charge on any atom is -0.449 e. The largest absolute Gasteiger partial charge is 0.449 e. The Hall–Kier alpha value is 0.260. The normalized spacial score (nSPS) is 15.9. The minimum atomic E-state index is -0.166. The van der Waals surface area contributed by atoms with E-state index in [2.05, 4.69) is 31.9 Å². The number of hydrogen-bond acceptors (Lipinski definition) is 3. The zero-order valence-electron chi connectivity index (χ0n) is 5.56. The molecule has 2 nitrogen and oxygen atoms in total. The van der Waals surface area contributed by atoms with Crippen molar-refractivity contribution in [1.29, 1.82) is 0 Å². The first kappa shape index (κ1) is 7.89. The van der Waals surface area contributed by atoms with Crippen LogP contribution in [0.1, 0.15) is 6.92 Å². The highest BCUT2D eigenvalue weighted by Gasteiger charge is 2.28. The molecular formula is C6H4Br2O2S. The lowest BCUT2D eigenvalue weighted by Gasteiger charge is -2.02. The molecule has 0 saturated carbocycles. The van der Waals surface area contributed by atoms with E-state index >= 15 is 0 Å². The standard InChI is InChI=1S/C6H4Br2O2S/c1-2-9-3-4(10-2)6(8)11-5(3)7/h2H,1H3. The van der Waals surface area contributed by atoms with Crippen molar-refractivity contribution >= 4 is 43.2 Å². The SMILES string of the molecule is CC1Oc2c(Br)sc(Br)c2O1. The maximum atomic E-state index is 5.37. The molecule has 60 valence electrons. The molecule has 1 aliphatic heterocycles. The monoisotopic (exact) mass is 298 g/mol. The van der Waals surface area contributed by atoms with Gasteiger partial charge in [-0.1, -0.05) is 0 Å². The molecule has 0 aliphatic carbocycles. The van der Waals surface area contributed by atoms with E-state index in [0.717, 1.165) is 19.1 Å². The maximum Gasteiger partial charge on any atom is 0.239 e. The highest BCUT2D eigenvalue weighted by atomic mass is 79.9. The fraction of sp³-hybridized carbons (Fsp3) is 0.333. The summed E-state index contributed by atoms with van der Waals surface area (Å²) >= 11 is 8.32. The summed E-state index contributed by atoms with van der Waals surface area (Å²) in [5.41, 5.74) is 0. The van der Waals surface area contributed by atoms with Gasteiger partial charge in [0.1, 0.15) is 7.57 Å². The van der Waals surface area contributed by atoms with Crippen molar-refractivity contribution in [2.24, 2.45) is 0 Å². The number of ether oxygens (including phenoxy) is 2. The third kappa shape index (κ3) is 1.19. The van der Waals surface area contributed by atoms with E-state index in [1.54, 1.807) is 11.3 Å². The van der Waals surface area contributed by atoms with Crippen LogP contribution in [-0.4, -0.2) is 6.29 Å². The van der Waals surface area contributed by atoms with Crippen LogP contribution in [0, 0.1) is 0 Å². The zero-order chi connectivity index (χ0) is 8.01. The van der Waals surface area contributed by atoms with Crippen LogP contribution < -0.4 is 9.47 Å². The highest BCUT2D eigenvalue weighted by molar-refractivity contribution is 9.12. The topological polar surface area (TPSA) is 18.5 Å². The van der Waals surface area contributed by atoms with Gasteiger partial charge in [0.05, 0.1) is 0 Å². The molecule has 1 aromatic rings. The molecular weight excluding hydrogens is 296 g/mol. The molecule has 0 radical (unpaired) electrons. The number of hydrogen-bond donors (Lipinski definition) is 0. The lowest BCUT2D eigenvalue weighted by atomic mass is 10.6. The van der Waals surface area contributed by atoms with Crippen LogP contribution in [0.25, 0.3) is 0 Å². The highest BCUT2D eigenvalue weighted by Crippen LogP contribution is 2.52. The van der Waals surface area contributed by atoms with Gasteiger partial charge in [-0.05, 0) is 31.9 Å². The maximum absolute atomic E-state index is 5.37. The predicted octanol–water partition coefficient (Wildman–Crippen LogP) is 3.39. The summed E-state index contributed by atoms with van der Waals surface area (Å²) in [5.74, 6) is 1.63. The summed E-state index contributed by atoms with van der Waals surface area (Å²) in [6.07, 6.45) is -0.166. The number of thiophene rings is 1. The second-order valence-electron chi connectivity index (χ2n) is 2.11. The zero-order valence-corrected chi connectivity index (χ0v) is 9.55. The molecule has 2 rings (SSSR count). The second-order valence-corrected chi connectivity index (χ2v) is 5.77. The molecule has 0 bridgehead atoms. The Labute approximate surface area is 84.8 Å². The molecule has 0 amide bonds. The van der Waals surface area contributed by atoms with E-state index in [4.69, 9.17) is 9.47 Å². The molecule has 0 N–H and O–H groups in total. The third-order valence-electron chi connectivity index (χ3n) is 1.31. The van der Waals surface area contributed by atoms with Gasteiger partial charge < -0.3 is 9.47 Å². The fourth-order valence-electron chi connectivity index (χ4n) is 0.906. The van der Waals surface area contributed by atoms with Crippen molar-refractivity contribution in [2.75, 3.05) is 0 Å². The Bertz CT molecular complexity index is 271. The molecule has 0 atom stereocenters. The van der Waals surface area contributed by atoms with E-state index in [1.165, 1.54) is 0 Å². The van der Waals surface area contributed by atoms with Crippen molar-refractivity contribution < 1.29 is 9.47 Å². The smallest absolute Gasteiger partial charge is 0.239 e. The molecule has 1 aliphatic rings. The van der Waals surface area contributed by atoms with Gasteiger partial charge in [-0.15, -0.1) is 11.3 Å². The Morgan fingerprint density at radius 2 is 1.64 bits per heavy atom. The van der Waals surface area contributed by atoms with Gasteiger partial charge in [-0.3, -0.25) is 0 Å². The van der Waals surface area contributed by atoms with Gasteiger partial charge in [-0.25, -0.2) is 0 Å². The van der Waals surface area contributed by atoms with Gasteiger partial charge in [0.25, 0.3) is 0 Å². The lowest BCUT2D eigenvalue weighted by molar-refractivity contribution is 0.0670. The number of rotatable bonds is 0. The van der Waals surface area contributed by atoms with E-state index in [-0.39, 0.29) is 6.29 Å². The quantitative estimate of drug-likeness (QED) is 0.731. The van der Waals surface area contributed by atoms with Gasteiger partial charge in [0, 0.05) is 6.92 Å². The summed E-state index contributed by atoms with van der Waals surface area (Å²) in [6, 6.07) is 0. The second kappa shape index (κ2) is 2.64. The minimum absolute atomic E-state index is 0.166. The summed E-state index contributed by atoms with van der Waals surface area (Å²) < 4.78 is 12.7. The lowest BCUT2D eigenvalue weighted by Crippen LogP contribution is -2.11. The van der Waals surface area contributed by atoms with Crippen molar-refractivity contribution in [3.63, 3.8) is 0 Å². The molecule has 0 saturated heterocycles. The molecule has 1 aromatic heterocycles. The first-order valence-electron chi connectivity index (χ1n) is 2.99. The Morgan fingerprint density at radius 3 is 2.09 bits per heavy atom. The summed E-state index contributed by atoms with van der Waals surface area (Å²) in [5, 5.41) is 0. The number of halogens is 2. The third-order valence-corrected chi connectivity index (χ3v) is 3.73. The summed E-state index contributed by atoms with van der Waals surface area (Å²) in [7, 11) is 0. The Morgan fingerprint density at radius 1 is 1.18 bits per heavy atom. The van der Waals surface area contributed by atoms with Crippen molar-refractivity contribution in [2.45, 2.75) is 13.2 Å². The molecule has 0 fully saturated rings. The Kier molecular flexibility index (Phi) is 1.89. The fourth-order valence-corrected chi connectivity index (χ4v) is 3.70. The molecule has 11 heavy (non-hydrogen) atoms. The van der Waals surface area contributed by atoms with E-state index in [9.17, 15) is 0 Å². The van der Waals surface area contributed by atoms with Crippen LogP contribution in [0.5, 0.6) is 11.5 Å². The molecule has 2 heterocycles. The molecule has 5 heteroatoms. The van der Waals surface area contributed by atoms with Crippen LogP contribution in [0.2, 0.25) is 0 Å². The van der Waals surface area contributed by atoms with E-state index in [1.807, 2.05) is 6.92 Å². The van der Waals surface area contributed by atoms with Gasteiger partial charge in [-0.2, -0.15) is 0 Å². The van der Waals surface area contributed by atoms with Crippen LogP contribution >= 0.6 is 43.2 Å². The van der Waals surface area contributed by atoms with E-state index in [0.29, 0.717) is 0 Å². The Balaban J connectivity index is 2.51. The first-order valence-corrected chi connectivity index (χ1v) is 5.40. The summed E-state index contributed by atoms with van der Waals surface area (Å²) in [6.45, 7) is 1.86. The van der Waals surface area contributed by atoms with E-state index < -0.39 is 0 Å².